The first kappa shape index (κ1) is 20.7. The van der Waals surface area contributed by atoms with Crippen LogP contribution in [0.5, 0.6) is 0 Å². The molecule has 0 aliphatic carbocycles. The van der Waals surface area contributed by atoms with Crippen LogP contribution in [0.15, 0.2) is 57.8 Å². The van der Waals surface area contributed by atoms with Gasteiger partial charge in [0.1, 0.15) is 0 Å². The van der Waals surface area contributed by atoms with Gasteiger partial charge in [-0.25, -0.2) is 17.9 Å². The number of aromatic nitrogens is 2. The zero-order chi connectivity index (χ0) is 21.0. The topological polar surface area (TPSA) is 111 Å². The van der Waals surface area contributed by atoms with Crippen LogP contribution in [0, 0.1) is 6.92 Å². The molecule has 0 saturated heterocycles. The Bertz CT molecular complexity index is 1110. The van der Waals surface area contributed by atoms with Gasteiger partial charge in [0.25, 0.3) is 5.89 Å². The number of carbonyl (C=O) groups excluding carboxylic acids is 1. The van der Waals surface area contributed by atoms with Crippen LogP contribution in [0.1, 0.15) is 41.8 Å². The summed E-state index contributed by atoms with van der Waals surface area (Å²) in [6, 6.07) is 13.1. The van der Waals surface area contributed by atoms with Crippen LogP contribution in [-0.4, -0.2) is 31.1 Å². The van der Waals surface area contributed by atoms with Gasteiger partial charge in [-0.2, -0.15) is 0 Å². The van der Waals surface area contributed by atoms with Gasteiger partial charge < -0.3 is 9.15 Å². The molecule has 1 unspecified atom stereocenters. The maximum Gasteiger partial charge on any atom is 0.338 e. The average Bonchev–Trinajstić information content (AvgIpc) is 3.18. The number of nitrogens with zero attached hydrogens (tertiary/aromatic N) is 2. The lowest BCUT2D eigenvalue weighted by molar-refractivity contribution is 0.0279. The molecule has 29 heavy (non-hydrogen) atoms. The van der Waals surface area contributed by atoms with Crippen LogP contribution >= 0.6 is 0 Å². The molecule has 0 bridgehead atoms. The number of carbonyl (C=O) groups is 1. The molecule has 0 amide bonds. The fraction of sp³-hybridized carbons (Fsp3) is 0.250. The molecular weight excluding hydrogens is 394 g/mol. The first-order valence-corrected chi connectivity index (χ1v) is 10.5. The molecule has 0 aliphatic heterocycles. The van der Waals surface area contributed by atoms with Gasteiger partial charge in [0.2, 0.25) is 15.9 Å². The molecule has 9 heteroatoms. The molecule has 8 nitrogen and oxygen atoms in total. The monoisotopic (exact) mass is 415 g/mol. The number of hydrogen-bond donors (Lipinski definition) is 1. The summed E-state index contributed by atoms with van der Waals surface area (Å²) >= 11 is 0. The van der Waals surface area contributed by atoms with Crippen LogP contribution in [0.3, 0.4) is 0 Å². The number of hydrogen-bond acceptors (Lipinski definition) is 7. The van der Waals surface area contributed by atoms with E-state index in [1.165, 1.54) is 24.3 Å². The van der Waals surface area contributed by atoms with Gasteiger partial charge >= 0.3 is 5.97 Å². The number of esters is 1. The standard InChI is InChI=1S/C20H21N3O5S/c1-4-21-29(25,26)17-10-8-15(9-11-17)20(24)27-14(3)18-22-23-19(28-18)16-7-5-6-13(2)12-16/h5-12,14,21H,4H2,1-3H3. The Labute approximate surface area is 169 Å². The summed E-state index contributed by atoms with van der Waals surface area (Å²) in [6.45, 7) is 5.54. The Morgan fingerprint density at radius 2 is 1.90 bits per heavy atom. The minimum absolute atomic E-state index is 0.0728. The first-order valence-electron chi connectivity index (χ1n) is 9.01. The van der Waals surface area contributed by atoms with Crippen molar-refractivity contribution in [2.75, 3.05) is 6.54 Å². The minimum Gasteiger partial charge on any atom is -0.449 e. The molecule has 0 radical (unpaired) electrons. The quantitative estimate of drug-likeness (QED) is 0.590. The van der Waals surface area contributed by atoms with E-state index in [1.807, 2.05) is 31.2 Å². The van der Waals surface area contributed by atoms with E-state index in [1.54, 1.807) is 13.8 Å². The zero-order valence-corrected chi connectivity index (χ0v) is 17.1. The molecule has 1 aromatic heterocycles. The number of ether oxygens (including phenoxy) is 1. The summed E-state index contributed by atoms with van der Waals surface area (Å²) < 4.78 is 37.3. The third-order valence-electron chi connectivity index (χ3n) is 4.07. The normalized spacial score (nSPS) is 12.5. The Morgan fingerprint density at radius 3 is 2.55 bits per heavy atom. The van der Waals surface area contributed by atoms with Gasteiger partial charge in [-0.1, -0.05) is 24.6 Å². The molecule has 0 fully saturated rings. The zero-order valence-electron chi connectivity index (χ0n) is 16.2. The van der Waals surface area contributed by atoms with Gasteiger partial charge in [-0.05, 0) is 50.2 Å². The van der Waals surface area contributed by atoms with Crippen molar-refractivity contribution in [1.29, 1.82) is 0 Å². The highest BCUT2D eigenvalue weighted by Gasteiger charge is 2.21. The molecule has 2 aromatic carbocycles. The molecule has 3 aromatic rings. The van der Waals surface area contributed by atoms with Crippen LogP contribution < -0.4 is 4.72 Å². The van der Waals surface area contributed by atoms with Crippen LogP contribution in [-0.2, 0) is 14.8 Å². The number of nitrogens with one attached hydrogen (secondary N) is 1. The molecule has 0 aliphatic rings. The SMILES string of the molecule is CCNS(=O)(=O)c1ccc(C(=O)OC(C)c2nnc(-c3cccc(C)c3)o2)cc1. The largest absolute Gasteiger partial charge is 0.449 e. The Kier molecular flexibility index (Phi) is 6.09. The van der Waals surface area contributed by atoms with E-state index in [9.17, 15) is 13.2 Å². The van der Waals surface area contributed by atoms with E-state index in [0.29, 0.717) is 5.89 Å². The third kappa shape index (κ3) is 4.87. The predicted octanol–water partition coefficient (Wildman–Crippen LogP) is 3.26. The summed E-state index contributed by atoms with van der Waals surface area (Å²) in [4.78, 5) is 12.4. The summed E-state index contributed by atoms with van der Waals surface area (Å²) in [5.41, 5.74) is 2.05. The lowest BCUT2D eigenvalue weighted by Gasteiger charge is -2.10. The smallest absolute Gasteiger partial charge is 0.338 e. The lowest BCUT2D eigenvalue weighted by Crippen LogP contribution is -2.23. The highest BCUT2D eigenvalue weighted by atomic mass is 32.2. The molecular formula is C20H21N3O5S. The predicted molar refractivity (Wildman–Crippen MR) is 106 cm³/mol. The number of sulfonamides is 1. The fourth-order valence-electron chi connectivity index (χ4n) is 2.62. The number of rotatable bonds is 7. The highest BCUT2D eigenvalue weighted by Crippen LogP contribution is 2.24. The molecule has 152 valence electrons. The molecule has 3 rings (SSSR count). The first-order chi connectivity index (χ1) is 13.8. The number of benzene rings is 2. The molecule has 1 N–H and O–H groups in total. The summed E-state index contributed by atoms with van der Waals surface area (Å²) in [7, 11) is -3.58. The minimum atomic E-state index is -3.58. The van der Waals surface area contributed by atoms with Gasteiger partial charge in [-0.3, -0.25) is 0 Å². The second kappa shape index (κ2) is 8.54. The molecule has 1 heterocycles. The second-order valence-electron chi connectivity index (χ2n) is 6.39. The molecule has 1 atom stereocenters. The van der Waals surface area contributed by atoms with E-state index in [2.05, 4.69) is 14.9 Å². The maximum atomic E-state index is 12.4. The van der Waals surface area contributed by atoms with E-state index in [-0.39, 0.29) is 22.9 Å². The summed E-state index contributed by atoms with van der Waals surface area (Å²) in [6.07, 6.45) is -0.765. The Hall–Kier alpha value is -3.04. The maximum absolute atomic E-state index is 12.4. The van der Waals surface area contributed by atoms with Crippen LogP contribution in [0.4, 0.5) is 0 Å². The van der Waals surface area contributed by atoms with Gasteiger partial charge in [-0.15, -0.1) is 10.2 Å². The Balaban J connectivity index is 1.69. The van der Waals surface area contributed by atoms with Crippen LogP contribution in [0.2, 0.25) is 0 Å². The van der Waals surface area contributed by atoms with Crippen molar-refractivity contribution in [3.63, 3.8) is 0 Å². The van der Waals surface area contributed by atoms with E-state index < -0.39 is 22.1 Å². The van der Waals surface area contributed by atoms with Crippen molar-refractivity contribution in [1.82, 2.24) is 14.9 Å². The van der Waals surface area contributed by atoms with E-state index in [0.717, 1.165) is 11.1 Å². The van der Waals surface area contributed by atoms with Crippen molar-refractivity contribution in [3.8, 4) is 11.5 Å². The molecule has 0 spiro atoms. The van der Waals surface area contributed by atoms with Crippen molar-refractivity contribution in [3.05, 3.63) is 65.5 Å². The Morgan fingerprint density at radius 1 is 1.17 bits per heavy atom. The van der Waals surface area contributed by atoms with Crippen molar-refractivity contribution in [2.24, 2.45) is 0 Å². The van der Waals surface area contributed by atoms with Gasteiger partial charge in [0, 0.05) is 12.1 Å². The van der Waals surface area contributed by atoms with Crippen molar-refractivity contribution in [2.45, 2.75) is 31.8 Å². The summed E-state index contributed by atoms with van der Waals surface area (Å²) in [5.74, 6) is -0.119. The van der Waals surface area contributed by atoms with Gasteiger partial charge in [0.05, 0.1) is 10.5 Å². The third-order valence-corrected chi connectivity index (χ3v) is 5.63. The van der Waals surface area contributed by atoms with Crippen molar-refractivity contribution >= 4 is 16.0 Å². The highest BCUT2D eigenvalue weighted by molar-refractivity contribution is 7.89. The van der Waals surface area contributed by atoms with E-state index >= 15 is 0 Å². The fourth-order valence-corrected chi connectivity index (χ4v) is 3.66. The molecule has 0 saturated carbocycles. The van der Waals surface area contributed by atoms with E-state index in [4.69, 9.17) is 9.15 Å². The van der Waals surface area contributed by atoms with Crippen LogP contribution in [0.25, 0.3) is 11.5 Å². The van der Waals surface area contributed by atoms with Gasteiger partial charge in [0.15, 0.2) is 6.10 Å². The summed E-state index contributed by atoms with van der Waals surface area (Å²) in [5, 5.41) is 7.96. The average molecular weight is 415 g/mol. The lowest BCUT2D eigenvalue weighted by atomic mass is 10.1. The number of aryl methyl sites for hydroxylation is 1. The second-order valence-corrected chi connectivity index (χ2v) is 8.16. The van der Waals surface area contributed by atoms with Crippen molar-refractivity contribution < 1.29 is 22.4 Å².